The second-order valence-electron chi connectivity index (χ2n) is 6.54. The molecule has 0 N–H and O–H groups in total. The van der Waals surface area contributed by atoms with Gasteiger partial charge in [-0.15, -0.1) is 0 Å². The van der Waals surface area contributed by atoms with Crippen molar-refractivity contribution >= 4 is 5.57 Å². The summed E-state index contributed by atoms with van der Waals surface area (Å²) in [5, 5.41) is 0. The Balaban J connectivity index is 2.36. The van der Waals surface area contributed by atoms with Gasteiger partial charge in [0, 0.05) is 0 Å². The molecular formula is C17H23F. The zero-order valence-corrected chi connectivity index (χ0v) is 11.9. The number of halogens is 1. The van der Waals surface area contributed by atoms with E-state index in [0.717, 1.165) is 24.0 Å². The quantitative estimate of drug-likeness (QED) is 0.642. The summed E-state index contributed by atoms with van der Waals surface area (Å²) < 4.78 is 13.7. The van der Waals surface area contributed by atoms with Crippen LogP contribution < -0.4 is 0 Å². The summed E-state index contributed by atoms with van der Waals surface area (Å²) in [6, 6.07) is 5.49. The van der Waals surface area contributed by atoms with Gasteiger partial charge in [-0.3, -0.25) is 0 Å². The molecule has 0 aliphatic heterocycles. The Bertz CT molecular complexity index is 466. The van der Waals surface area contributed by atoms with Crippen LogP contribution in [0.4, 0.5) is 4.39 Å². The van der Waals surface area contributed by atoms with Gasteiger partial charge in [-0.2, -0.15) is 0 Å². The molecular weight excluding hydrogens is 223 g/mol. The van der Waals surface area contributed by atoms with Gasteiger partial charge < -0.3 is 0 Å². The van der Waals surface area contributed by atoms with Crippen LogP contribution in [0.3, 0.4) is 0 Å². The molecule has 0 saturated heterocycles. The molecule has 1 aliphatic rings. The molecule has 1 aliphatic carbocycles. The highest BCUT2D eigenvalue weighted by Gasteiger charge is 2.23. The molecule has 18 heavy (non-hydrogen) atoms. The van der Waals surface area contributed by atoms with Crippen molar-refractivity contribution in [2.75, 3.05) is 0 Å². The van der Waals surface area contributed by atoms with Crippen LogP contribution in [0.5, 0.6) is 0 Å². The summed E-state index contributed by atoms with van der Waals surface area (Å²) in [6.07, 6.45) is 5.66. The van der Waals surface area contributed by atoms with E-state index >= 15 is 0 Å². The van der Waals surface area contributed by atoms with E-state index in [0.29, 0.717) is 11.3 Å². The SMILES string of the molecule is CC(C)c1cc(F)cc(C2=CCCC(C)(C)C2)c1. The average molecular weight is 246 g/mol. The van der Waals surface area contributed by atoms with Crippen molar-refractivity contribution in [2.45, 2.75) is 52.9 Å². The summed E-state index contributed by atoms with van der Waals surface area (Å²) in [6.45, 7) is 8.81. The maximum absolute atomic E-state index is 13.7. The Morgan fingerprint density at radius 1 is 1.17 bits per heavy atom. The van der Waals surface area contributed by atoms with Gasteiger partial charge in [0.05, 0.1) is 0 Å². The number of allylic oxidation sites excluding steroid dienone is 2. The molecule has 0 fully saturated rings. The van der Waals surface area contributed by atoms with Crippen molar-refractivity contribution in [2.24, 2.45) is 5.41 Å². The van der Waals surface area contributed by atoms with Gasteiger partial charge in [0.2, 0.25) is 0 Å². The van der Waals surface area contributed by atoms with Crippen LogP contribution in [0.15, 0.2) is 24.3 Å². The first-order valence-corrected chi connectivity index (χ1v) is 6.87. The maximum atomic E-state index is 13.7. The van der Waals surface area contributed by atoms with E-state index in [9.17, 15) is 4.39 Å². The van der Waals surface area contributed by atoms with Gasteiger partial charge in [0.1, 0.15) is 5.82 Å². The lowest BCUT2D eigenvalue weighted by Crippen LogP contribution is -2.15. The van der Waals surface area contributed by atoms with Crippen molar-refractivity contribution in [3.05, 3.63) is 41.2 Å². The number of hydrogen-bond donors (Lipinski definition) is 0. The Hall–Kier alpha value is -1.11. The van der Waals surface area contributed by atoms with E-state index in [1.807, 2.05) is 0 Å². The second kappa shape index (κ2) is 4.87. The summed E-state index contributed by atoms with van der Waals surface area (Å²) in [5.74, 6) is 0.261. The largest absolute Gasteiger partial charge is 0.207 e. The molecule has 1 heteroatoms. The van der Waals surface area contributed by atoms with E-state index < -0.39 is 0 Å². The fraction of sp³-hybridized carbons (Fsp3) is 0.529. The van der Waals surface area contributed by atoms with E-state index in [1.165, 1.54) is 12.0 Å². The minimum absolute atomic E-state index is 0.111. The third-order valence-corrected chi connectivity index (χ3v) is 3.84. The first-order chi connectivity index (χ1) is 8.37. The standard InChI is InChI=1S/C17H23F/c1-12(2)14-8-15(10-16(18)9-14)13-6-5-7-17(3,4)11-13/h6,8-10,12H,5,7,11H2,1-4H3. The van der Waals surface area contributed by atoms with Gasteiger partial charge in [-0.25, -0.2) is 4.39 Å². The summed E-state index contributed by atoms with van der Waals surface area (Å²) in [5.41, 5.74) is 3.82. The van der Waals surface area contributed by atoms with Gasteiger partial charge in [-0.1, -0.05) is 39.8 Å². The molecule has 98 valence electrons. The molecule has 0 atom stereocenters. The molecule has 0 unspecified atom stereocenters. The predicted molar refractivity (Wildman–Crippen MR) is 76.1 cm³/mol. The minimum atomic E-state index is -0.111. The third-order valence-electron chi connectivity index (χ3n) is 3.84. The molecule has 0 saturated carbocycles. The molecule has 2 rings (SSSR count). The normalized spacial score (nSPS) is 18.9. The van der Waals surface area contributed by atoms with Crippen LogP contribution in [0.1, 0.15) is 64.0 Å². The van der Waals surface area contributed by atoms with Crippen LogP contribution >= 0.6 is 0 Å². The molecule has 1 aromatic rings. The topological polar surface area (TPSA) is 0 Å². The van der Waals surface area contributed by atoms with Crippen molar-refractivity contribution in [3.63, 3.8) is 0 Å². The van der Waals surface area contributed by atoms with E-state index in [1.54, 1.807) is 12.1 Å². The molecule has 0 bridgehead atoms. The van der Waals surface area contributed by atoms with E-state index in [-0.39, 0.29) is 5.82 Å². The van der Waals surface area contributed by atoms with Crippen LogP contribution in [-0.4, -0.2) is 0 Å². The van der Waals surface area contributed by atoms with E-state index in [4.69, 9.17) is 0 Å². The van der Waals surface area contributed by atoms with Gasteiger partial charge in [0.25, 0.3) is 0 Å². The molecule has 1 aromatic carbocycles. The molecule has 0 spiro atoms. The van der Waals surface area contributed by atoms with Crippen molar-refractivity contribution in [1.29, 1.82) is 0 Å². The van der Waals surface area contributed by atoms with Crippen molar-refractivity contribution in [3.8, 4) is 0 Å². The lowest BCUT2D eigenvalue weighted by atomic mass is 9.75. The highest BCUT2D eigenvalue weighted by Crippen LogP contribution is 2.39. The number of benzene rings is 1. The highest BCUT2D eigenvalue weighted by atomic mass is 19.1. The zero-order chi connectivity index (χ0) is 13.3. The Morgan fingerprint density at radius 2 is 1.89 bits per heavy atom. The monoisotopic (exact) mass is 246 g/mol. The number of rotatable bonds is 2. The van der Waals surface area contributed by atoms with Gasteiger partial charge >= 0.3 is 0 Å². The van der Waals surface area contributed by atoms with Crippen molar-refractivity contribution < 1.29 is 4.39 Å². The van der Waals surface area contributed by atoms with Crippen LogP contribution in [0.2, 0.25) is 0 Å². The fourth-order valence-corrected chi connectivity index (χ4v) is 2.66. The molecule has 0 heterocycles. The lowest BCUT2D eigenvalue weighted by Gasteiger charge is -2.30. The maximum Gasteiger partial charge on any atom is 0.124 e. The smallest absolute Gasteiger partial charge is 0.124 e. The first-order valence-electron chi connectivity index (χ1n) is 6.87. The number of hydrogen-bond acceptors (Lipinski definition) is 0. The van der Waals surface area contributed by atoms with E-state index in [2.05, 4.69) is 39.8 Å². The summed E-state index contributed by atoms with van der Waals surface area (Å²) >= 11 is 0. The van der Waals surface area contributed by atoms with Crippen molar-refractivity contribution in [1.82, 2.24) is 0 Å². The molecule has 0 aromatic heterocycles. The van der Waals surface area contributed by atoms with Gasteiger partial charge in [-0.05, 0) is 59.4 Å². The third kappa shape index (κ3) is 3.01. The first kappa shape index (κ1) is 13.3. The molecule has 0 nitrogen and oxygen atoms in total. The lowest BCUT2D eigenvalue weighted by molar-refractivity contribution is 0.338. The fourth-order valence-electron chi connectivity index (χ4n) is 2.66. The zero-order valence-electron chi connectivity index (χ0n) is 11.9. The second-order valence-corrected chi connectivity index (χ2v) is 6.54. The van der Waals surface area contributed by atoms with Crippen LogP contribution in [0, 0.1) is 11.2 Å². The average Bonchev–Trinajstić information content (AvgIpc) is 2.26. The summed E-state index contributed by atoms with van der Waals surface area (Å²) in [7, 11) is 0. The molecule has 0 radical (unpaired) electrons. The Labute approximate surface area is 110 Å². The minimum Gasteiger partial charge on any atom is -0.207 e. The van der Waals surface area contributed by atoms with Crippen LogP contribution in [0.25, 0.3) is 5.57 Å². The molecule has 0 amide bonds. The van der Waals surface area contributed by atoms with Crippen LogP contribution in [-0.2, 0) is 0 Å². The Kier molecular flexibility index (Phi) is 3.61. The predicted octanol–water partition coefficient (Wildman–Crippen LogP) is 5.54. The summed E-state index contributed by atoms with van der Waals surface area (Å²) in [4.78, 5) is 0. The highest BCUT2D eigenvalue weighted by molar-refractivity contribution is 5.67. The Morgan fingerprint density at radius 3 is 2.50 bits per heavy atom. The van der Waals surface area contributed by atoms with Gasteiger partial charge in [0.15, 0.2) is 0 Å².